The molecule has 1 heterocycles. The zero-order valence-electron chi connectivity index (χ0n) is 13.2. The van der Waals surface area contributed by atoms with E-state index in [2.05, 4.69) is 38.1 Å². The molecule has 0 bridgehead atoms. The van der Waals surface area contributed by atoms with E-state index >= 15 is 0 Å². The number of anilines is 1. The van der Waals surface area contributed by atoms with Gasteiger partial charge < -0.3 is 5.32 Å². The van der Waals surface area contributed by atoms with E-state index in [-0.39, 0.29) is 12.5 Å². The number of nitrogens with one attached hydrogen (secondary N) is 2. The molecule has 3 rings (SSSR count). The van der Waals surface area contributed by atoms with Crippen molar-refractivity contribution in [2.75, 3.05) is 5.32 Å². The van der Waals surface area contributed by atoms with E-state index in [0.29, 0.717) is 15.6 Å². The molecule has 0 fully saturated rings. The first kappa shape index (κ1) is 18.1. The third-order valence-electron chi connectivity index (χ3n) is 3.62. The van der Waals surface area contributed by atoms with Gasteiger partial charge in [0.15, 0.2) is 10.6 Å². The Morgan fingerprint density at radius 2 is 2.04 bits per heavy atom. The molecule has 2 aromatic carbocycles. The Morgan fingerprint density at radius 1 is 1.32 bits per heavy atom. The molecule has 1 aromatic heterocycles. The van der Waals surface area contributed by atoms with Gasteiger partial charge in [-0.15, -0.1) is 0 Å². The van der Waals surface area contributed by atoms with Crippen LogP contribution in [-0.2, 0) is 11.3 Å². The van der Waals surface area contributed by atoms with E-state index < -0.39 is 0 Å². The van der Waals surface area contributed by atoms with Crippen LogP contribution in [0.1, 0.15) is 5.56 Å². The molecule has 8 heteroatoms. The second-order valence-corrected chi connectivity index (χ2v) is 7.44. The van der Waals surface area contributed by atoms with Crippen molar-refractivity contribution in [3.05, 3.63) is 61.4 Å². The van der Waals surface area contributed by atoms with Crippen molar-refractivity contribution in [2.45, 2.75) is 13.5 Å². The van der Waals surface area contributed by atoms with Crippen molar-refractivity contribution >= 4 is 58.0 Å². The normalized spacial score (nSPS) is 10.7. The SMILES string of the molecule is Cc1ccc(NC(=O)Cn2c(-c3ccc(Cl)cc3)n[nH]c2=S)cc1I. The van der Waals surface area contributed by atoms with Gasteiger partial charge in [0.05, 0.1) is 0 Å². The van der Waals surface area contributed by atoms with Crippen LogP contribution < -0.4 is 5.32 Å². The summed E-state index contributed by atoms with van der Waals surface area (Å²) < 4.78 is 3.14. The molecule has 128 valence electrons. The lowest BCUT2D eigenvalue weighted by Crippen LogP contribution is -2.19. The van der Waals surface area contributed by atoms with Gasteiger partial charge in [0.1, 0.15) is 6.54 Å². The molecule has 5 nitrogen and oxygen atoms in total. The highest BCUT2D eigenvalue weighted by Crippen LogP contribution is 2.21. The zero-order valence-corrected chi connectivity index (χ0v) is 16.9. The number of hydrogen-bond donors (Lipinski definition) is 2. The number of carbonyl (C=O) groups is 1. The minimum Gasteiger partial charge on any atom is -0.324 e. The summed E-state index contributed by atoms with van der Waals surface area (Å²) in [7, 11) is 0. The van der Waals surface area contributed by atoms with Gasteiger partial charge >= 0.3 is 0 Å². The highest BCUT2D eigenvalue weighted by Gasteiger charge is 2.13. The van der Waals surface area contributed by atoms with Crippen molar-refractivity contribution in [2.24, 2.45) is 0 Å². The molecule has 0 atom stereocenters. The first-order valence-electron chi connectivity index (χ1n) is 7.41. The maximum Gasteiger partial charge on any atom is 0.244 e. The summed E-state index contributed by atoms with van der Waals surface area (Å²) in [6, 6.07) is 13.0. The summed E-state index contributed by atoms with van der Waals surface area (Å²) in [5, 5.41) is 10.5. The number of benzene rings is 2. The predicted molar refractivity (Wildman–Crippen MR) is 110 cm³/mol. The third-order valence-corrected chi connectivity index (χ3v) is 5.34. The summed E-state index contributed by atoms with van der Waals surface area (Å²) in [6.45, 7) is 2.09. The van der Waals surface area contributed by atoms with Crippen LogP contribution in [0.3, 0.4) is 0 Å². The Balaban J connectivity index is 1.81. The molecule has 1 amide bonds. The number of aromatic amines is 1. The van der Waals surface area contributed by atoms with E-state index in [4.69, 9.17) is 23.8 Å². The highest BCUT2D eigenvalue weighted by atomic mass is 127. The summed E-state index contributed by atoms with van der Waals surface area (Å²) in [5.41, 5.74) is 2.75. The second-order valence-electron chi connectivity index (χ2n) is 5.46. The molecule has 0 spiro atoms. The van der Waals surface area contributed by atoms with Crippen LogP contribution in [0, 0.1) is 15.3 Å². The molecule has 0 aliphatic carbocycles. The van der Waals surface area contributed by atoms with Crippen molar-refractivity contribution in [1.82, 2.24) is 14.8 Å². The van der Waals surface area contributed by atoms with Gasteiger partial charge in [-0.05, 0) is 83.7 Å². The zero-order chi connectivity index (χ0) is 18.0. The quantitative estimate of drug-likeness (QED) is 0.413. The van der Waals surface area contributed by atoms with Crippen LogP contribution >= 0.6 is 46.4 Å². The topological polar surface area (TPSA) is 62.7 Å². The van der Waals surface area contributed by atoms with Crippen molar-refractivity contribution in [1.29, 1.82) is 0 Å². The predicted octanol–water partition coefficient (Wildman–Crippen LogP) is 4.81. The van der Waals surface area contributed by atoms with Gasteiger partial charge in [-0.25, -0.2) is 0 Å². The van der Waals surface area contributed by atoms with Crippen LogP contribution in [-0.4, -0.2) is 20.7 Å². The van der Waals surface area contributed by atoms with E-state index in [1.54, 1.807) is 16.7 Å². The second kappa shape index (κ2) is 7.67. The number of hydrogen-bond acceptors (Lipinski definition) is 3. The molecule has 3 aromatic rings. The van der Waals surface area contributed by atoms with E-state index in [1.165, 1.54) is 5.56 Å². The van der Waals surface area contributed by atoms with Gasteiger partial charge in [0.2, 0.25) is 5.91 Å². The lowest BCUT2D eigenvalue weighted by molar-refractivity contribution is -0.116. The summed E-state index contributed by atoms with van der Waals surface area (Å²) in [6.07, 6.45) is 0. The maximum absolute atomic E-state index is 12.4. The van der Waals surface area contributed by atoms with Crippen molar-refractivity contribution in [3.63, 3.8) is 0 Å². The smallest absolute Gasteiger partial charge is 0.244 e. The summed E-state index contributed by atoms with van der Waals surface area (Å²) in [5.74, 6) is 0.419. The number of aryl methyl sites for hydroxylation is 1. The van der Waals surface area contributed by atoms with Crippen molar-refractivity contribution in [3.8, 4) is 11.4 Å². The number of aromatic nitrogens is 3. The van der Waals surface area contributed by atoms with Crippen LogP contribution in [0.25, 0.3) is 11.4 Å². The van der Waals surface area contributed by atoms with Gasteiger partial charge in [0.25, 0.3) is 0 Å². The van der Waals surface area contributed by atoms with Crippen LogP contribution in [0.4, 0.5) is 5.69 Å². The maximum atomic E-state index is 12.4. The standard InChI is InChI=1S/C17H14ClIN4OS/c1-10-2-7-13(8-14(10)19)20-15(24)9-23-16(21-22-17(23)25)11-3-5-12(18)6-4-11/h2-8H,9H2,1H3,(H,20,24)(H,22,25). The van der Waals surface area contributed by atoms with Crippen LogP contribution in [0.5, 0.6) is 0 Å². The fourth-order valence-corrected chi connectivity index (χ4v) is 3.14. The average Bonchev–Trinajstić information content (AvgIpc) is 2.93. The largest absolute Gasteiger partial charge is 0.324 e. The minimum atomic E-state index is -0.174. The van der Waals surface area contributed by atoms with E-state index in [9.17, 15) is 4.79 Å². The fraction of sp³-hybridized carbons (Fsp3) is 0.118. The van der Waals surface area contributed by atoms with E-state index in [1.807, 2.05) is 37.3 Å². The fourth-order valence-electron chi connectivity index (χ4n) is 2.30. The Kier molecular flexibility index (Phi) is 5.55. The molecule has 0 radical (unpaired) electrons. The lowest BCUT2D eigenvalue weighted by atomic mass is 10.2. The minimum absolute atomic E-state index is 0.0672. The van der Waals surface area contributed by atoms with Gasteiger partial charge in [-0.1, -0.05) is 17.7 Å². The summed E-state index contributed by atoms with van der Waals surface area (Å²) >= 11 is 13.4. The highest BCUT2D eigenvalue weighted by molar-refractivity contribution is 14.1. The molecule has 2 N–H and O–H groups in total. The van der Waals surface area contributed by atoms with Crippen molar-refractivity contribution < 1.29 is 4.79 Å². The lowest BCUT2D eigenvalue weighted by Gasteiger charge is -2.09. The molecule has 0 aliphatic rings. The molecule has 0 aliphatic heterocycles. The molecule has 0 saturated heterocycles. The summed E-state index contributed by atoms with van der Waals surface area (Å²) in [4.78, 5) is 12.4. The molecule has 0 unspecified atom stereocenters. The van der Waals surface area contributed by atoms with Gasteiger partial charge in [-0.3, -0.25) is 14.5 Å². The third kappa shape index (κ3) is 4.28. The van der Waals surface area contributed by atoms with Crippen LogP contribution in [0.2, 0.25) is 5.02 Å². The number of carbonyl (C=O) groups excluding carboxylic acids is 1. The van der Waals surface area contributed by atoms with Gasteiger partial charge in [0, 0.05) is 19.8 Å². The number of rotatable bonds is 4. The van der Waals surface area contributed by atoms with Gasteiger partial charge in [-0.2, -0.15) is 5.10 Å². The molecular formula is C17H14ClIN4OS. The Bertz CT molecular complexity index is 981. The Morgan fingerprint density at radius 3 is 2.72 bits per heavy atom. The Hall–Kier alpha value is -1.71. The monoisotopic (exact) mass is 484 g/mol. The molecule has 0 saturated carbocycles. The number of amides is 1. The molecule has 25 heavy (non-hydrogen) atoms. The number of H-pyrrole nitrogens is 1. The first-order valence-corrected chi connectivity index (χ1v) is 9.27. The van der Waals surface area contributed by atoms with E-state index in [0.717, 1.165) is 14.8 Å². The molecular weight excluding hydrogens is 471 g/mol. The Labute approximate surface area is 168 Å². The first-order chi connectivity index (χ1) is 11.9. The number of halogens is 2. The van der Waals surface area contributed by atoms with Crippen LogP contribution in [0.15, 0.2) is 42.5 Å². The average molecular weight is 485 g/mol. The number of nitrogens with zero attached hydrogens (tertiary/aromatic N) is 2.